The van der Waals surface area contributed by atoms with Gasteiger partial charge in [0.2, 0.25) is 10.0 Å². The van der Waals surface area contributed by atoms with E-state index in [0.29, 0.717) is 12.6 Å². The number of hydrogen-bond acceptors (Lipinski definition) is 5. The van der Waals surface area contributed by atoms with Crippen molar-refractivity contribution in [3.63, 3.8) is 0 Å². The van der Waals surface area contributed by atoms with Crippen molar-refractivity contribution in [2.24, 2.45) is 10.1 Å². The number of rotatable bonds is 4. The third-order valence-corrected chi connectivity index (χ3v) is 7.11. The Kier molecular flexibility index (Phi) is 4.04. The number of nitrogens with one attached hydrogen (secondary N) is 1. The first kappa shape index (κ1) is 16.0. The fourth-order valence-corrected chi connectivity index (χ4v) is 4.89. The lowest BCUT2D eigenvalue weighted by molar-refractivity contribution is 0.593. The molecule has 3 aliphatic rings. The molecule has 0 saturated heterocycles. The minimum Gasteiger partial charge on any atom is -0.270 e. The summed E-state index contributed by atoms with van der Waals surface area (Å²) in [6.07, 6.45) is 3.12. The minimum atomic E-state index is -3.19. The highest BCUT2D eigenvalue weighted by atomic mass is 32.2. The summed E-state index contributed by atoms with van der Waals surface area (Å²) in [4.78, 5) is 4.57. The largest absolute Gasteiger partial charge is 0.270 e. The van der Waals surface area contributed by atoms with Gasteiger partial charge in [0.05, 0.1) is 23.2 Å². The zero-order valence-electron chi connectivity index (χ0n) is 13.5. The van der Waals surface area contributed by atoms with Crippen LogP contribution in [0.25, 0.3) is 0 Å². The molecule has 8 heteroatoms. The Morgan fingerprint density at radius 2 is 2.25 bits per heavy atom. The van der Waals surface area contributed by atoms with E-state index < -0.39 is 10.0 Å². The van der Waals surface area contributed by atoms with Crippen molar-refractivity contribution in [3.8, 4) is 0 Å². The van der Waals surface area contributed by atoms with Crippen molar-refractivity contribution in [1.82, 2.24) is 5.43 Å². The number of benzene rings is 1. The van der Waals surface area contributed by atoms with Gasteiger partial charge in [-0.05, 0) is 49.4 Å². The number of anilines is 1. The van der Waals surface area contributed by atoms with Crippen LogP contribution in [0.15, 0.2) is 28.3 Å². The van der Waals surface area contributed by atoms with Crippen LogP contribution in [0.4, 0.5) is 5.69 Å². The normalized spacial score (nSPS) is 22.3. The van der Waals surface area contributed by atoms with Gasteiger partial charge in [0.1, 0.15) is 0 Å². The smallest absolute Gasteiger partial charge is 0.234 e. The third-order valence-electron chi connectivity index (χ3n) is 4.45. The third kappa shape index (κ3) is 3.04. The first-order valence-corrected chi connectivity index (χ1v) is 10.8. The number of fused-ring (bicyclic) bond motifs is 1. The average molecular weight is 364 g/mol. The predicted octanol–water partition coefficient (Wildman–Crippen LogP) is 1.96. The van der Waals surface area contributed by atoms with Crippen LogP contribution in [-0.4, -0.2) is 43.4 Å². The molecule has 2 heterocycles. The van der Waals surface area contributed by atoms with Gasteiger partial charge in [0.15, 0.2) is 5.17 Å². The molecule has 24 heavy (non-hydrogen) atoms. The Balaban J connectivity index is 1.56. The van der Waals surface area contributed by atoms with Gasteiger partial charge in [-0.3, -0.25) is 14.7 Å². The molecule has 0 spiro atoms. The lowest BCUT2D eigenvalue weighted by Crippen LogP contribution is -2.30. The topological polar surface area (TPSA) is 74.1 Å². The Labute approximate surface area is 146 Å². The standard InChI is InChI=1S/C16H20N4O2S2/c1-2-24(21,22)20-8-7-12-9-11(3-6-15(12)20)14-10-23-16(19-18-14)17-13-4-5-13/h3,6,9,13H,2,4-5,7-8,10H2,1H3,(H,17,19). The number of sulfonamides is 1. The van der Waals surface area contributed by atoms with Crippen molar-refractivity contribution in [2.45, 2.75) is 32.2 Å². The minimum absolute atomic E-state index is 0.130. The molecule has 0 aromatic heterocycles. The number of aliphatic imine (C=N–C) groups is 1. The van der Waals surface area contributed by atoms with Gasteiger partial charge in [-0.15, -0.1) is 0 Å². The van der Waals surface area contributed by atoms with E-state index in [1.807, 2.05) is 12.1 Å². The highest BCUT2D eigenvalue weighted by Gasteiger charge is 2.29. The van der Waals surface area contributed by atoms with Crippen LogP contribution in [-0.2, 0) is 16.4 Å². The van der Waals surface area contributed by atoms with Gasteiger partial charge >= 0.3 is 0 Å². The summed E-state index contributed by atoms with van der Waals surface area (Å²) in [6.45, 7) is 2.22. The maximum atomic E-state index is 12.2. The van der Waals surface area contributed by atoms with E-state index in [0.717, 1.165) is 39.9 Å². The van der Waals surface area contributed by atoms with Gasteiger partial charge in [0, 0.05) is 12.3 Å². The molecule has 0 radical (unpaired) electrons. The average Bonchev–Trinajstić information content (AvgIpc) is 3.30. The number of amidine groups is 1. The quantitative estimate of drug-likeness (QED) is 0.886. The molecule has 0 atom stereocenters. The molecule has 128 valence electrons. The van der Waals surface area contributed by atoms with Crippen LogP contribution in [0, 0.1) is 0 Å². The number of nitrogens with zero attached hydrogens (tertiary/aromatic N) is 3. The Bertz CT molecular complexity index is 828. The maximum absolute atomic E-state index is 12.2. The first-order chi connectivity index (χ1) is 11.6. The first-order valence-electron chi connectivity index (χ1n) is 8.23. The second-order valence-corrected chi connectivity index (χ2v) is 9.34. The van der Waals surface area contributed by atoms with Crippen molar-refractivity contribution in [2.75, 3.05) is 22.4 Å². The molecule has 0 amide bonds. The summed E-state index contributed by atoms with van der Waals surface area (Å²) in [5.41, 5.74) is 6.97. The van der Waals surface area contributed by atoms with E-state index in [1.54, 1.807) is 18.7 Å². The summed E-state index contributed by atoms with van der Waals surface area (Å²) >= 11 is 1.68. The van der Waals surface area contributed by atoms with E-state index in [4.69, 9.17) is 0 Å². The maximum Gasteiger partial charge on any atom is 0.234 e. The number of thioether (sulfide) groups is 1. The molecule has 0 unspecified atom stereocenters. The molecule has 4 rings (SSSR count). The summed E-state index contributed by atoms with van der Waals surface area (Å²) in [7, 11) is -3.19. The summed E-state index contributed by atoms with van der Waals surface area (Å²) in [6, 6.07) is 6.44. The molecule has 1 saturated carbocycles. The van der Waals surface area contributed by atoms with E-state index >= 15 is 0 Å². The Morgan fingerprint density at radius 1 is 1.42 bits per heavy atom. The second kappa shape index (κ2) is 6.07. The second-order valence-electron chi connectivity index (χ2n) is 6.19. The molecule has 1 aliphatic carbocycles. The molecule has 6 nitrogen and oxygen atoms in total. The van der Waals surface area contributed by atoms with Crippen LogP contribution in [0.1, 0.15) is 30.9 Å². The zero-order chi connectivity index (χ0) is 16.7. The van der Waals surface area contributed by atoms with E-state index in [1.165, 1.54) is 17.1 Å². The predicted molar refractivity (Wildman–Crippen MR) is 99.5 cm³/mol. The highest BCUT2D eigenvalue weighted by molar-refractivity contribution is 8.14. The molecule has 1 N–H and O–H groups in total. The molecule has 1 aromatic carbocycles. The summed E-state index contributed by atoms with van der Waals surface area (Å²) in [5.74, 6) is 0.916. The summed E-state index contributed by atoms with van der Waals surface area (Å²) in [5, 5.41) is 5.36. The lowest BCUT2D eigenvalue weighted by Gasteiger charge is -2.19. The van der Waals surface area contributed by atoms with Crippen LogP contribution in [0.3, 0.4) is 0 Å². The Morgan fingerprint density at radius 3 is 2.92 bits per heavy atom. The van der Waals surface area contributed by atoms with Crippen LogP contribution in [0.2, 0.25) is 0 Å². The van der Waals surface area contributed by atoms with Gasteiger partial charge < -0.3 is 0 Å². The van der Waals surface area contributed by atoms with Crippen molar-refractivity contribution in [3.05, 3.63) is 29.3 Å². The zero-order valence-corrected chi connectivity index (χ0v) is 15.2. The van der Waals surface area contributed by atoms with Gasteiger partial charge in [-0.1, -0.05) is 17.8 Å². The van der Waals surface area contributed by atoms with Crippen LogP contribution in [0.5, 0.6) is 0 Å². The van der Waals surface area contributed by atoms with Gasteiger partial charge in [-0.2, -0.15) is 5.10 Å². The van der Waals surface area contributed by atoms with E-state index in [9.17, 15) is 8.42 Å². The lowest BCUT2D eigenvalue weighted by atomic mass is 10.1. The molecule has 0 bridgehead atoms. The van der Waals surface area contributed by atoms with Crippen LogP contribution < -0.4 is 9.73 Å². The van der Waals surface area contributed by atoms with Gasteiger partial charge in [0.25, 0.3) is 0 Å². The molecular formula is C16H20N4O2S2. The SMILES string of the molecule is CCS(=O)(=O)N1CCc2cc(C3=NNC(=NC4CC4)SC3)ccc21. The van der Waals surface area contributed by atoms with Crippen molar-refractivity contribution in [1.29, 1.82) is 0 Å². The molecule has 1 aromatic rings. The highest BCUT2D eigenvalue weighted by Crippen LogP contribution is 2.32. The van der Waals surface area contributed by atoms with Crippen molar-refractivity contribution >= 4 is 38.4 Å². The molecular weight excluding hydrogens is 344 g/mol. The van der Waals surface area contributed by atoms with Crippen LogP contribution >= 0.6 is 11.8 Å². The fourth-order valence-electron chi connectivity index (χ4n) is 2.90. The molecule has 1 fully saturated rings. The number of hydrazone groups is 1. The fraction of sp³-hybridized carbons (Fsp3) is 0.500. The van der Waals surface area contributed by atoms with E-state index in [-0.39, 0.29) is 5.75 Å². The monoisotopic (exact) mass is 364 g/mol. The molecule has 2 aliphatic heterocycles. The Hall–Kier alpha value is -1.54. The van der Waals surface area contributed by atoms with E-state index in [2.05, 4.69) is 21.6 Å². The number of hydrogen-bond donors (Lipinski definition) is 1. The van der Waals surface area contributed by atoms with Crippen molar-refractivity contribution < 1.29 is 8.42 Å². The summed E-state index contributed by atoms with van der Waals surface area (Å²) < 4.78 is 25.8. The van der Waals surface area contributed by atoms with Gasteiger partial charge in [-0.25, -0.2) is 8.42 Å².